The molecular formula is C23H23N3O3S. The van der Waals surface area contributed by atoms with Crippen LogP contribution in [-0.4, -0.2) is 30.5 Å². The van der Waals surface area contributed by atoms with E-state index in [1.165, 1.54) is 11.3 Å². The lowest BCUT2D eigenvalue weighted by Crippen LogP contribution is -2.28. The molecule has 0 saturated heterocycles. The second-order valence-electron chi connectivity index (χ2n) is 7.08. The summed E-state index contributed by atoms with van der Waals surface area (Å²) in [4.78, 5) is 31.3. The fraction of sp³-hybridized carbons (Fsp3) is 0.261. The van der Waals surface area contributed by atoms with Crippen LogP contribution in [0.25, 0.3) is 11.3 Å². The molecule has 1 aliphatic heterocycles. The van der Waals surface area contributed by atoms with E-state index < -0.39 is 0 Å². The van der Waals surface area contributed by atoms with Gasteiger partial charge in [0.25, 0.3) is 5.91 Å². The predicted octanol–water partition coefficient (Wildman–Crippen LogP) is 4.76. The van der Waals surface area contributed by atoms with Crippen LogP contribution in [0.15, 0.2) is 47.8 Å². The third-order valence-corrected chi connectivity index (χ3v) is 5.87. The number of para-hydroxylation sites is 1. The van der Waals surface area contributed by atoms with Gasteiger partial charge in [0.05, 0.1) is 18.4 Å². The van der Waals surface area contributed by atoms with Gasteiger partial charge in [0.2, 0.25) is 5.91 Å². The number of ether oxygens (including phenoxy) is 1. The number of nitrogens with zero attached hydrogens (tertiary/aromatic N) is 2. The first kappa shape index (κ1) is 20.1. The minimum Gasteiger partial charge on any atom is -0.496 e. The number of fused-ring (bicyclic) bond motifs is 1. The summed E-state index contributed by atoms with van der Waals surface area (Å²) in [5.41, 5.74) is 4.40. The molecule has 2 amide bonds. The summed E-state index contributed by atoms with van der Waals surface area (Å²) < 4.78 is 5.26. The molecule has 1 N–H and O–H groups in total. The molecule has 0 saturated carbocycles. The molecule has 0 radical (unpaired) electrons. The van der Waals surface area contributed by atoms with Gasteiger partial charge in [-0.25, -0.2) is 4.98 Å². The molecule has 2 aromatic carbocycles. The van der Waals surface area contributed by atoms with Crippen LogP contribution in [0.5, 0.6) is 5.75 Å². The highest BCUT2D eigenvalue weighted by Gasteiger charge is 2.24. The number of nitrogens with one attached hydrogen (secondary N) is 1. The topological polar surface area (TPSA) is 71.5 Å². The molecular weight excluding hydrogens is 398 g/mol. The Morgan fingerprint density at radius 3 is 2.87 bits per heavy atom. The third kappa shape index (κ3) is 3.93. The van der Waals surface area contributed by atoms with Crippen LogP contribution in [0.1, 0.15) is 35.7 Å². The minimum absolute atomic E-state index is 0.180. The molecule has 3 aromatic rings. The van der Waals surface area contributed by atoms with Crippen LogP contribution in [0, 0.1) is 0 Å². The van der Waals surface area contributed by atoms with Crippen molar-refractivity contribution >= 4 is 34.0 Å². The van der Waals surface area contributed by atoms with Gasteiger partial charge in [0.1, 0.15) is 5.75 Å². The highest BCUT2D eigenvalue weighted by molar-refractivity contribution is 7.14. The van der Waals surface area contributed by atoms with E-state index in [9.17, 15) is 9.59 Å². The summed E-state index contributed by atoms with van der Waals surface area (Å²) in [5.74, 6) is 0.443. The Morgan fingerprint density at radius 2 is 2.07 bits per heavy atom. The molecule has 2 heterocycles. The molecule has 0 fully saturated rings. The van der Waals surface area contributed by atoms with Crippen LogP contribution < -0.4 is 15.0 Å². The molecule has 0 bridgehead atoms. The molecule has 7 heteroatoms. The Kier molecular flexibility index (Phi) is 5.81. The number of carbonyl (C=O) groups is 2. The summed E-state index contributed by atoms with van der Waals surface area (Å²) in [6.07, 6.45) is 2.27. The minimum atomic E-state index is -0.257. The number of amides is 2. The summed E-state index contributed by atoms with van der Waals surface area (Å²) in [6.45, 7) is 2.75. The van der Waals surface area contributed by atoms with Gasteiger partial charge in [-0.1, -0.05) is 25.1 Å². The number of rotatable bonds is 6. The largest absolute Gasteiger partial charge is 0.496 e. The molecule has 154 valence electrons. The first-order chi connectivity index (χ1) is 14.6. The number of aromatic nitrogens is 1. The molecule has 4 rings (SSSR count). The number of thiazole rings is 1. The van der Waals surface area contributed by atoms with Crippen molar-refractivity contribution in [2.24, 2.45) is 0 Å². The van der Waals surface area contributed by atoms with E-state index in [1.807, 2.05) is 35.4 Å². The average Bonchev–Trinajstić information content (AvgIpc) is 3.40. The fourth-order valence-corrected chi connectivity index (χ4v) is 4.34. The third-order valence-electron chi connectivity index (χ3n) is 5.11. The van der Waals surface area contributed by atoms with Crippen molar-refractivity contribution in [2.75, 3.05) is 23.9 Å². The standard InChI is InChI=1S/C23H23N3O3S/c1-3-6-21(27)26-12-11-16-13-15(9-10-19(16)26)18-14-30-23(24-18)25-22(28)17-7-4-5-8-20(17)29-2/h4-5,7-10,13-14H,3,6,11-12H2,1-2H3,(H,24,25,28). The SMILES string of the molecule is CCCC(=O)N1CCc2cc(-c3csc(NC(=O)c4ccccc4OC)n3)ccc21. The van der Waals surface area contributed by atoms with Crippen LogP contribution in [-0.2, 0) is 11.2 Å². The lowest BCUT2D eigenvalue weighted by molar-refractivity contribution is -0.118. The number of methoxy groups -OCH3 is 1. The number of anilines is 2. The Morgan fingerprint density at radius 1 is 1.23 bits per heavy atom. The van der Waals surface area contributed by atoms with Crippen molar-refractivity contribution in [2.45, 2.75) is 26.2 Å². The molecule has 30 heavy (non-hydrogen) atoms. The molecule has 0 unspecified atom stereocenters. The van der Waals surface area contributed by atoms with Gasteiger partial charge in [-0.05, 0) is 42.7 Å². The second kappa shape index (κ2) is 8.67. The van der Waals surface area contributed by atoms with E-state index in [2.05, 4.69) is 16.4 Å². The van der Waals surface area contributed by atoms with Gasteiger partial charge >= 0.3 is 0 Å². The van der Waals surface area contributed by atoms with Crippen molar-refractivity contribution in [3.05, 3.63) is 59.0 Å². The monoisotopic (exact) mass is 421 g/mol. The summed E-state index contributed by atoms with van der Waals surface area (Å²) in [7, 11) is 1.54. The molecule has 0 aliphatic carbocycles. The predicted molar refractivity (Wildman–Crippen MR) is 119 cm³/mol. The van der Waals surface area contributed by atoms with Crippen LogP contribution in [0.4, 0.5) is 10.8 Å². The van der Waals surface area contributed by atoms with Gasteiger partial charge in [0, 0.05) is 29.6 Å². The Labute approximate surface area is 179 Å². The smallest absolute Gasteiger partial charge is 0.261 e. The summed E-state index contributed by atoms with van der Waals surface area (Å²) in [6, 6.07) is 13.2. The van der Waals surface area contributed by atoms with Gasteiger partial charge in [-0.15, -0.1) is 11.3 Å². The molecule has 1 aromatic heterocycles. The van der Waals surface area contributed by atoms with Crippen LogP contribution in [0.3, 0.4) is 0 Å². The first-order valence-corrected chi connectivity index (χ1v) is 10.8. The van der Waals surface area contributed by atoms with E-state index in [1.54, 1.807) is 25.3 Å². The number of benzene rings is 2. The van der Waals surface area contributed by atoms with Crippen LogP contribution in [0.2, 0.25) is 0 Å². The van der Waals surface area contributed by atoms with Gasteiger partial charge in [-0.3, -0.25) is 14.9 Å². The highest BCUT2D eigenvalue weighted by Crippen LogP contribution is 2.34. The zero-order chi connectivity index (χ0) is 21.1. The van der Waals surface area contributed by atoms with Crippen molar-refractivity contribution in [1.82, 2.24) is 4.98 Å². The van der Waals surface area contributed by atoms with Crippen molar-refractivity contribution < 1.29 is 14.3 Å². The maximum atomic E-state index is 12.6. The quantitative estimate of drug-likeness (QED) is 0.623. The Balaban J connectivity index is 1.51. The number of hydrogen-bond donors (Lipinski definition) is 1. The molecule has 1 aliphatic rings. The lowest BCUT2D eigenvalue weighted by atomic mass is 10.1. The zero-order valence-electron chi connectivity index (χ0n) is 17.0. The lowest BCUT2D eigenvalue weighted by Gasteiger charge is -2.17. The zero-order valence-corrected chi connectivity index (χ0v) is 17.8. The Bertz CT molecular complexity index is 1090. The summed E-state index contributed by atoms with van der Waals surface area (Å²) >= 11 is 1.38. The van der Waals surface area contributed by atoms with E-state index in [0.717, 1.165) is 41.9 Å². The molecule has 0 spiro atoms. The van der Waals surface area contributed by atoms with Gasteiger partial charge < -0.3 is 9.64 Å². The molecule has 6 nitrogen and oxygen atoms in total. The fourth-order valence-electron chi connectivity index (χ4n) is 3.63. The highest BCUT2D eigenvalue weighted by atomic mass is 32.1. The van der Waals surface area contributed by atoms with Gasteiger partial charge in [0.15, 0.2) is 5.13 Å². The van der Waals surface area contributed by atoms with Crippen LogP contribution >= 0.6 is 11.3 Å². The Hall–Kier alpha value is -3.19. The summed E-state index contributed by atoms with van der Waals surface area (Å²) in [5, 5.41) is 5.30. The second-order valence-corrected chi connectivity index (χ2v) is 7.94. The average molecular weight is 422 g/mol. The molecule has 0 atom stereocenters. The van der Waals surface area contributed by atoms with E-state index in [-0.39, 0.29) is 11.8 Å². The first-order valence-electron chi connectivity index (χ1n) is 9.94. The van der Waals surface area contributed by atoms with E-state index in [0.29, 0.717) is 22.9 Å². The van der Waals surface area contributed by atoms with Crippen molar-refractivity contribution in [1.29, 1.82) is 0 Å². The van der Waals surface area contributed by atoms with E-state index >= 15 is 0 Å². The van der Waals surface area contributed by atoms with E-state index in [4.69, 9.17) is 4.74 Å². The van der Waals surface area contributed by atoms with Crippen molar-refractivity contribution in [3.8, 4) is 17.0 Å². The normalized spacial score (nSPS) is 12.5. The number of carbonyl (C=O) groups excluding carboxylic acids is 2. The maximum Gasteiger partial charge on any atom is 0.261 e. The maximum absolute atomic E-state index is 12.6. The van der Waals surface area contributed by atoms with Crippen molar-refractivity contribution in [3.63, 3.8) is 0 Å². The van der Waals surface area contributed by atoms with Gasteiger partial charge in [-0.2, -0.15) is 0 Å². The number of hydrogen-bond acceptors (Lipinski definition) is 5.